The average Bonchev–Trinajstić information content (AvgIpc) is 2.68. The molecule has 3 rings (SSSR count). The van der Waals surface area contributed by atoms with Crippen LogP contribution >= 0.6 is 0 Å². The van der Waals surface area contributed by atoms with E-state index in [1.807, 2.05) is 13.8 Å². The molecule has 1 aliphatic rings. The lowest BCUT2D eigenvalue weighted by atomic mass is 9.97. The number of likely N-dealkylation sites (tertiary alicyclic amines) is 1. The summed E-state index contributed by atoms with van der Waals surface area (Å²) in [6, 6.07) is 6.80. The van der Waals surface area contributed by atoms with Crippen LogP contribution in [0.15, 0.2) is 29.1 Å². The molecule has 0 aliphatic carbocycles. The first-order valence-electron chi connectivity index (χ1n) is 9.53. The maximum absolute atomic E-state index is 12.6. The SMILES string of the molecule is C[C@H]1CCC[C@H](C)N1C(=O)COC(=O)c1nn(CCO)c(=O)c2ccccc12. The van der Waals surface area contributed by atoms with Crippen molar-refractivity contribution < 1.29 is 19.4 Å². The second-order valence-electron chi connectivity index (χ2n) is 7.15. The van der Waals surface area contributed by atoms with Gasteiger partial charge in [0.1, 0.15) is 0 Å². The van der Waals surface area contributed by atoms with Crippen LogP contribution in [0.4, 0.5) is 0 Å². The third-order valence-electron chi connectivity index (χ3n) is 5.18. The van der Waals surface area contributed by atoms with Gasteiger partial charge in [-0.1, -0.05) is 18.2 Å². The second kappa shape index (κ2) is 8.52. The van der Waals surface area contributed by atoms with Gasteiger partial charge >= 0.3 is 5.97 Å². The number of aromatic nitrogens is 2. The van der Waals surface area contributed by atoms with Crippen molar-refractivity contribution in [1.29, 1.82) is 0 Å². The van der Waals surface area contributed by atoms with Gasteiger partial charge in [0.2, 0.25) is 0 Å². The first-order valence-corrected chi connectivity index (χ1v) is 9.53. The van der Waals surface area contributed by atoms with Gasteiger partial charge in [-0.2, -0.15) is 5.10 Å². The van der Waals surface area contributed by atoms with Crippen LogP contribution in [-0.2, 0) is 16.1 Å². The van der Waals surface area contributed by atoms with Crippen molar-refractivity contribution in [2.24, 2.45) is 0 Å². The van der Waals surface area contributed by atoms with E-state index in [1.54, 1.807) is 29.2 Å². The van der Waals surface area contributed by atoms with Gasteiger partial charge in [0.15, 0.2) is 12.3 Å². The van der Waals surface area contributed by atoms with Gasteiger partial charge in [-0.15, -0.1) is 0 Å². The van der Waals surface area contributed by atoms with E-state index in [9.17, 15) is 14.4 Å². The predicted octanol–water partition coefficient (Wildman–Crippen LogP) is 1.34. The Hall–Kier alpha value is -2.74. The Bertz CT molecular complexity index is 929. The number of esters is 1. The van der Waals surface area contributed by atoms with Crippen LogP contribution in [0, 0.1) is 0 Å². The molecule has 1 fully saturated rings. The maximum atomic E-state index is 12.6. The number of ether oxygens (including phenoxy) is 1. The third kappa shape index (κ3) is 3.91. The molecule has 0 saturated carbocycles. The van der Waals surface area contributed by atoms with Crippen molar-refractivity contribution in [2.75, 3.05) is 13.2 Å². The van der Waals surface area contributed by atoms with Crippen molar-refractivity contribution in [3.63, 3.8) is 0 Å². The molecule has 1 aliphatic heterocycles. The highest BCUT2D eigenvalue weighted by Crippen LogP contribution is 2.22. The minimum absolute atomic E-state index is 0.0360. The zero-order chi connectivity index (χ0) is 20.3. The molecule has 150 valence electrons. The summed E-state index contributed by atoms with van der Waals surface area (Å²) in [5.74, 6) is -1.01. The smallest absolute Gasteiger partial charge is 0.359 e. The number of rotatable bonds is 5. The van der Waals surface area contributed by atoms with Gasteiger partial charge in [-0.05, 0) is 39.2 Å². The van der Waals surface area contributed by atoms with Crippen molar-refractivity contribution >= 4 is 22.6 Å². The number of hydrogen-bond donors (Lipinski definition) is 1. The van der Waals surface area contributed by atoms with E-state index < -0.39 is 11.5 Å². The number of benzene rings is 1. The summed E-state index contributed by atoms with van der Waals surface area (Å²) >= 11 is 0. The van der Waals surface area contributed by atoms with Crippen LogP contribution in [0.3, 0.4) is 0 Å². The maximum Gasteiger partial charge on any atom is 0.359 e. The Morgan fingerprint density at radius 2 is 1.82 bits per heavy atom. The van der Waals surface area contributed by atoms with Gasteiger partial charge in [0.25, 0.3) is 11.5 Å². The average molecular weight is 387 g/mol. The lowest BCUT2D eigenvalue weighted by Gasteiger charge is -2.38. The van der Waals surface area contributed by atoms with E-state index in [0.29, 0.717) is 10.8 Å². The van der Waals surface area contributed by atoms with Crippen LogP contribution in [0.5, 0.6) is 0 Å². The number of hydrogen-bond acceptors (Lipinski definition) is 6. The van der Waals surface area contributed by atoms with E-state index in [0.717, 1.165) is 23.9 Å². The standard InChI is InChI=1S/C20H25N3O5/c1-13-6-5-7-14(2)23(13)17(25)12-28-20(27)18-15-8-3-4-9-16(15)19(26)22(21-18)10-11-24/h3-4,8-9,13-14,24H,5-7,10-12H2,1-2H3/t13-,14-/m0/s1. The zero-order valence-electron chi connectivity index (χ0n) is 16.1. The quantitative estimate of drug-likeness (QED) is 0.777. The van der Waals surface area contributed by atoms with Crippen LogP contribution < -0.4 is 5.56 Å². The summed E-state index contributed by atoms with van der Waals surface area (Å²) in [5.41, 5.74) is -0.440. The van der Waals surface area contributed by atoms with Crippen molar-refractivity contribution in [2.45, 2.75) is 51.7 Å². The number of piperidine rings is 1. The molecule has 0 radical (unpaired) electrons. The summed E-state index contributed by atoms with van der Waals surface area (Å²) in [4.78, 5) is 39.4. The number of amides is 1. The zero-order valence-corrected chi connectivity index (χ0v) is 16.1. The fraction of sp³-hybridized carbons (Fsp3) is 0.500. The highest BCUT2D eigenvalue weighted by molar-refractivity contribution is 6.02. The van der Waals surface area contributed by atoms with E-state index >= 15 is 0 Å². The predicted molar refractivity (Wildman–Crippen MR) is 103 cm³/mol. The normalized spacial score (nSPS) is 19.6. The topological polar surface area (TPSA) is 102 Å². The minimum Gasteiger partial charge on any atom is -0.451 e. The van der Waals surface area contributed by atoms with E-state index in [4.69, 9.17) is 9.84 Å². The summed E-state index contributed by atoms with van der Waals surface area (Å²) < 4.78 is 6.29. The number of carbonyl (C=O) groups excluding carboxylic acids is 2. The van der Waals surface area contributed by atoms with Gasteiger partial charge in [0, 0.05) is 17.5 Å². The molecule has 0 spiro atoms. The number of nitrogens with zero attached hydrogens (tertiary/aromatic N) is 3. The lowest BCUT2D eigenvalue weighted by molar-refractivity contribution is -0.140. The number of aliphatic hydroxyl groups excluding tert-OH is 1. The Labute approximate surface area is 162 Å². The molecule has 1 aromatic carbocycles. The number of fused-ring (bicyclic) bond motifs is 1. The van der Waals surface area contributed by atoms with E-state index in [-0.39, 0.29) is 43.4 Å². The van der Waals surface area contributed by atoms with Crippen LogP contribution in [0.1, 0.15) is 43.6 Å². The van der Waals surface area contributed by atoms with Crippen molar-refractivity contribution in [3.8, 4) is 0 Å². The number of aliphatic hydroxyl groups is 1. The molecule has 28 heavy (non-hydrogen) atoms. The molecule has 2 heterocycles. The highest BCUT2D eigenvalue weighted by Gasteiger charge is 2.30. The fourth-order valence-electron chi connectivity index (χ4n) is 3.82. The van der Waals surface area contributed by atoms with E-state index in [2.05, 4.69) is 5.10 Å². The molecule has 0 unspecified atom stereocenters. The molecule has 2 aromatic rings. The van der Waals surface area contributed by atoms with Crippen LogP contribution in [0.2, 0.25) is 0 Å². The lowest BCUT2D eigenvalue weighted by Crippen LogP contribution is -2.49. The number of carbonyl (C=O) groups is 2. The Morgan fingerprint density at radius 3 is 2.46 bits per heavy atom. The minimum atomic E-state index is -0.770. The molecule has 1 aromatic heterocycles. The Morgan fingerprint density at radius 1 is 1.18 bits per heavy atom. The fourth-order valence-corrected chi connectivity index (χ4v) is 3.82. The molecule has 2 atom stereocenters. The van der Waals surface area contributed by atoms with Gasteiger partial charge in [-0.25, -0.2) is 9.48 Å². The van der Waals surface area contributed by atoms with Crippen LogP contribution in [0.25, 0.3) is 10.8 Å². The van der Waals surface area contributed by atoms with Crippen molar-refractivity contribution in [1.82, 2.24) is 14.7 Å². The molecule has 8 nitrogen and oxygen atoms in total. The summed E-state index contributed by atoms with van der Waals surface area (Å²) in [7, 11) is 0. The second-order valence-corrected chi connectivity index (χ2v) is 7.15. The first kappa shape index (κ1) is 20.0. The molecule has 1 N–H and O–H groups in total. The summed E-state index contributed by atoms with van der Waals surface area (Å²) in [6.07, 6.45) is 2.94. The summed E-state index contributed by atoms with van der Waals surface area (Å²) in [5, 5.41) is 13.9. The molecule has 1 saturated heterocycles. The first-order chi connectivity index (χ1) is 13.4. The van der Waals surface area contributed by atoms with Gasteiger partial charge < -0.3 is 14.7 Å². The molecule has 1 amide bonds. The van der Waals surface area contributed by atoms with Gasteiger partial charge in [0.05, 0.1) is 18.5 Å². The molecule has 8 heteroatoms. The summed E-state index contributed by atoms with van der Waals surface area (Å²) in [6.45, 7) is 3.29. The van der Waals surface area contributed by atoms with Gasteiger partial charge in [-0.3, -0.25) is 9.59 Å². The Kier molecular flexibility index (Phi) is 6.08. The molecular weight excluding hydrogens is 362 g/mol. The largest absolute Gasteiger partial charge is 0.451 e. The molecule has 0 bridgehead atoms. The monoisotopic (exact) mass is 387 g/mol. The molecular formula is C20H25N3O5. The van der Waals surface area contributed by atoms with E-state index in [1.165, 1.54) is 0 Å². The Balaban J connectivity index is 1.82. The highest BCUT2D eigenvalue weighted by atomic mass is 16.5. The third-order valence-corrected chi connectivity index (χ3v) is 5.18. The van der Waals surface area contributed by atoms with Crippen molar-refractivity contribution in [3.05, 3.63) is 40.3 Å². The van der Waals surface area contributed by atoms with Crippen LogP contribution in [-0.4, -0.2) is 57.0 Å².